The van der Waals surface area contributed by atoms with Crippen molar-refractivity contribution in [3.05, 3.63) is 28.8 Å². The second-order valence-electron chi connectivity index (χ2n) is 9.98. The molecule has 2 heterocycles. The lowest BCUT2D eigenvalue weighted by Gasteiger charge is -2.41. The third kappa shape index (κ3) is 6.84. The van der Waals surface area contributed by atoms with E-state index in [9.17, 15) is 9.59 Å². The van der Waals surface area contributed by atoms with Crippen molar-refractivity contribution in [2.45, 2.75) is 64.8 Å². The first-order valence-electron chi connectivity index (χ1n) is 11.9. The van der Waals surface area contributed by atoms with Crippen LogP contribution in [0.3, 0.4) is 0 Å². The lowest BCUT2D eigenvalue weighted by atomic mass is 9.83. The zero-order valence-corrected chi connectivity index (χ0v) is 20.6. The highest BCUT2D eigenvalue weighted by Crippen LogP contribution is 2.40. The number of carbonyl (C=O) groups excluding carboxylic acids is 2. The van der Waals surface area contributed by atoms with Gasteiger partial charge in [-0.1, -0.05) is 12.1 Å². The SMILES string of the molecule is COc1c(C)ccc2c1CC(C1CCN(CCNC(=O)OC(C)(C)C)CC1)OC2CNC=O. The summed E-state index contributed by atoms with van der Waals surface area (Å²) in [6.45, 7) is 11.4. The molecule has 0 radical (unpaired) electrons. The van der Waals surface area contributed by atoms with Gasteiger partial charge in [0.15, 0.2) is 0 Å². The Labute approximate surface area is 197 Å². The first-order chi connectivity index (χ1) is 15.7. The van der Waals surface area contributed by atoms with Crippen LogP contribution in [-0.2, 0) is 20.7 Å². The summed E-state index contributed by atoms with van der Waals surface area (Å²) < 4.78 is 17.6. The van der Waals surface area contributed by atoms with E-state index in [0.29, 0.717) is 19.0 Å². The molecule has 8 heteroatoms. The molecule has 3 rings (SSSR count). The van der Waals surface area contributed by atoms with E-state index in [2.05, 4.69) is 34.6 Å². The van der Waals surface area contributed by atoms with Crippen molar-refractivity contribution in [2.24, 2.45) is 5.92 Å². The summed E-state index contributed by atoms with van der Waals surface area (Å²) in [5, 5.41) is 5.63. The number of piperidine rings is 1. The van der Waals surface area contributed by atoms with Gasteiger partial charge in [-0.05, 0) is 70.7 Å². The van der Waals surface area contributed by atoms with E-state index in [1.807, 2.05) is 20.8 Å². The van der Waals surface area contributed by atoms with Crippen molar-refractivity contribution in [3.8, 4) is 5.75 Å². The quantitative estimate of drug-likeness (QED) is 0.579. The number of hydrogen-bond acceptors (Lipinski definition) is 6. The van der Waals surface area contributed by atoms with Crippen molar-refractivity contribution in [1.29, 1.82) is 0 Å². The predicted molar refractivity (Wildman–Crippen MR) is 127 cm³/mol. The maximum atomic E-state index is 11.8. The Balaban J connectivity index is 1.56. The number of amides is 2. The lowest BCUT2D eigenvalue weighted by molar-refractivity contribution is -0.111. The minimum absolute atomic E-state index is 0.0914. The molecule has 8 nitrogen and oxygen atoms in total. The fourth-order valence-electron chi connectivity index (χ4n) is 4.86. The highest BCUT2D eigenvalue weighted by molar-refractivity contribution is 5.67. The van der Waals surface area contributed by atoms with Crippen molar-refractivity contribution >= 4 is 12.5 Å². The van der Waals surface area contributed by atoms with Crippen molar-refractivity contribution in [3.63, 3.8) is 0 Å². The highest BCUT2D eigenvalue weighted by atomic mass is 16.6. The minimum atomic E-state index is -0.485. The van der Waals surface area contributed by atoms with Gasteiger partial charge in [0.1, 0.15) is 17.5 Å². The van der Waals surface area contributed by atoms with E-state index >= 15 is 0 Å². The Hall–Kier alpha value is -2.32. The number of ether oxygens (including phenoxy) is 3. The van der Waals surface area contributed by atoms with Gasteiger partial charge in [-0.2, -0.15) is 0 Å². The Morgan fingerprint density at radius 1 is 1.27 bits per heavy atom. The third-order valence-corrected chi connectivity index (χ3v) is 6.43. The molecule has 0 saturated carbocycles. The summed E-state index contributed by atoms with van der Waals surface area (Å²) in [6.07, 6.45) is 3.17. The molecule has 2 amide bonds. The van der Waals surface area contributed by atoms with Gasteiger partial charge in [0.2, 0.25) is 6.41 Å². The van der Waals surface area contributed by atoms with Crippen LogP contribution in [0.25, 0.3) is 0 Å². The van der Waals surface area contributed by atoms with Gasteiger partial charge in [-0.15, -0.1) is 0 Å². The first kappa shape index (κ1) is 25.3. The largest absolute Gasteiger partial charge is 0.496 e. The van der Waals surface area contributed by atoms with Gasteiger partial charge >= 0.3 is 6.09 Å². The molecule has 2 atom stereocenters. The number of carbonyl (C=O) groups is 2. The fraction of sp³-hybridized carbons (Fsp3) is 0.680. The summed E-state index contributed by atoms with van der Waals surface area (Å²) in [5.41, 5.74) is 2.94. The smallest absolute Gasteiger partial charge is 0.407 e. The highest BCUT2D eigenvalue weighted by Gasteiger charge is 2.36. The van der Waals surface area contributed by atoms with Crippen LogP contribution in [0.2, 0.25) is 0 Å². The number of aryl methyl sites for hydroxylation is 1. The zero-order valence-electron chi connectivity index (χ0n) is 20.6. The number of likely N-dealkylation sites (tertiary alicyclic amines) is 1. The maximum Gasteiger partial charge on any atom is 0.407 e. The maximum absolute atomic E-state index is 11.8. The Morgan fingerprint density at radius 2 is 2.00 bits per heavy atom. The molecule has 0 aromatic heterocycles. The van der Waals surface area contributed by atoms with Crippen LogP contribution in [0.4, 0.5) is 4.79 Å². The summed E-state index contributed by atoms with van der Waals surface area (Å²) in [5.74, 6) is 1.37. The number of rotatable bonds is 8. The summed E-state index contributed by atoms with van der Waals surface area (Å²) in [7, 11) is 1.72. The Kier molecular flexibility index (Phi) is 8.59. The molecule has 1 fully saturated rings. The zero-order chi connectivity index (χ0) is 24.0. The fourth-order valence-corrected chi connectivity index (χ4v) is 4.86. The van der Waals surface area contributed by atoms with E-state index < -0.39 is 5.60 Å². The van der Waals surface area contributed by atoms with E-state index in [1.54, 1.807) is 7.11 Å². The molecular weight excluding hydrogens is 422 g/mol. The summed E-state index contributed by atoms with van der Waals surface area (Å²) >= 11 is 0. The van der Waals surface area contributed by atoms with Crippen LogP contribution >= 0.6 is 0 Å². The molecule has 0 aliphatic carbocycles. The molecule has 2 aliphatic heterocycles. The summed E-state index contributed by atoms with van der Waals surface area (Å²) in [6, 6.07) is 4.15. The van der Waals surface area contributed by atoms with Crippen LogP contribution in [0, 0.1) is 12.8 Å². The second kappa shape index (κ2) is 11.2. The van der Waals surface area contributed by atoms with Crippen molar-refractivity contribution < 1.29 is 23.8 Å². The molecule has 33 heavy (non-hydrogen) atoms. The van der Waals surface area contributed by atoms with Gasteiger partial charge < -0.3 is 29.7 Å². The van der Waals surface area contributed by atoms with Gasteiger partial charge in [0.05, 0.1) is 13.2 Å². The molecule has 0 bridgehead atoms. The Morgan fingerprint density at radius 3 is 2.64 bits per heavy atom. The van der Waals surface area contributed by atoms with Crippen molar-refractivity contribution in [2.75, 3.05) is 39.8 Å². The first-order valence-corrected chi connectivity index (χ1v) is 11.9. The van der Waals surface area contributed by atoms with Crippen LogP contribution in [0.1, 0.15) is 56.4 Å². The predicted octanol–water partition coefficient (Wildman–Crippen LogP) is 2.97. The number of fused-ring (bicyclic) bond motifs is 1. The van der Waals surface area contributed by atoms with Gasteiger partial charge in [-0.3, -0.25) is 4.79 Å². The van der Waals surface area contributed by atoms with Crippen molar-refractivity contribution in [1.82, 2.24) is 15.5 Å². The molecule has 184 valence electrons. The van der Waals surface area contributed by atoms with Crippen LogP contribution in [0.5, 0.6) is 5.75 Å². The van der Waals surface area contributed by atoms with Crippen LogP contribution in [0.15, 0.2) is 12.1 Å². The average molecular weight is 462 g/mol. The van der Waals surface area contributed by atoms with E-state index in [0.717, 1.165) is 62.2 Å². The van der Waals surface area contributed by atoms with E-state index in [-0.39, 0.29) is 18.3 Å². The van der Waals surface area contributed by atoms with Gasteiger partial charge in [0, 0.05) is 31.6 Å². The number of nitrogens with zero attached hydrogens (tertiary/aromatic N) is 1. The topological polar surface area (TPSA) is 89.1 Å². The number of nitrogens with one attached hydrogen (secondary N) is 2. The van der Waals surface area contributed by atoms with Gasteiger partial charge in [-0.25, -0.2) is 4.79 Å². The number of alkyl carbamates (subject to hydrolysis) is 1. The lowest BCUT2D eigenvalue weighted by Crippen LogP contribution is -2.44. The minimum Gasteiger partial charge on any atom is -0.496 e. The summed E-state index contributed by atoms with van der Waals surface area (Å²) in [4.78, 5) is 25.1. The normalized spacial score (nSPS) is 21.7. The molecular formula is C25H39N3O5. The number of hydrogen-bond donors (Lipinski definition) is 2. The monoisotopic (exact) mass is 461 g/mol. The molecule has 1 aromatic rings. The third-order valence-electron chi connectivity index (χ3n) is 6.43. The van der Waals surface area contributed by atoms with Gasteiger partial charge in [0.25, 0.3) is 0 Å². The molecule has 1 aromatic carbocycles. The Bertz CT molecular complexity index is 815. The van der Waals surface area contributed by atoms with Crippen LogP contribution in [-0.4, -0.2) is 68.9 Å². The van der Waals surface area contributed by atoms with E-state index in [4.69, 9.17) is 14.2 Å². The molecule has 1 saturated heterocycles. The number of benzene rings is 1. The molecule has 2 unspecified atom stereocenters. The van der Waals surface area contributed by atoms with Crippen LogP contribution < -0.4 is 15.4 Å². The number of methoxy groups -OCH3 is 1. The average Bonchev–Trinajstić information content (AvgIpc) is 2.76. The molecule has 2 aliphatic rings. The molecule has 0 spiro atoms. The second-order valence-corrected chi connectivity index (χ2v) is 9.98. The standard InChI is InChI=1S/C25H39N3O5/c1-17-6-7-19-20(23(17)31-5)14-21(32-22(19)15-26-16-29)18-8-11-28(12-9-18)13-10-27-24(30)33-25(2,3)4/h6-7,16,18,21-22H,8-15H2,1-5H3,(H,26,29)(H,27,30). The van der Waals surface area contributed by atoms with E-state index in [1.165, 1.54) is 5.56 Å². The molecule has 2 N–H and O–H groups in total.